The molecule has 0 saturated carbocycles. The number of nitrogens with zero attached hydrogens (tertiary/aromatic N) is 4. The van der Waals surface area contributed by atoms with E-state index in [1.54, 1.807) is 0 Å². The highest BCUT2D eigenvalue weighted by molar-refractivity contribution is 9.09. The molecule has 0 aromatic heterocycles. The summed E-state index contributed by atoms with van der Waals surface area (Å²) in [5.74, 6) is 0.592. The molecular weight excluding hydrogens is 535 g/mol. The second-order valence-electron chi connectivity index (χ2n) is 8.11. The van der Waals surface area contributed by atoms with Crippen LogP contribution in [-0.4, -0.2) is 120 Å². The smallest absolute Gasteiger partial charge is 0.223 e. The minimum atomic E-state index is 0. The quantitative estimate of drug-likeness (QED) is 0.252. The molecule has 0 unspecified atom stereocenters. The van der Waals surface area contributed by atoms with E-state index in [9.17, 15) is 9.59 Å². The molecule has 0 atom stereocenters. The highest BCUT2D eigenvalue weighted by Crippen LogP contribution is 2.24. The third-order valence-electron chi connectivity index (χ3n) is 6.80. The van der Waals surface area contributed by atoms with Crippen LogP contribution in [0.5, 0.6) is 0 Å². The molecule has 3 fully saturated rings. The Morgan fingerprint density at radius 1 is 0.607 bits per heavy atom. The molecule has 3 aliphatic rings. The Labute approximate surface area is 198 Å². The minimum absolute atomic E-state index is 0. The van der Waals surface area contributed by atoms with Crippen molar-refractivity contribution in [2.24, 2.45) is 0 Å². The molecule has 3 heterocycles. The molecule has 3 rings (SSSR count). The van der Waals surface area contributed by atoms with Crippen molar-refractivity contribution in [3.05, 3.63) is 0 Å². The number of alkyl halides is 2. The van der Waals surface area contributed by atoms with Crippen LogP contribution in [0.1, 0.15) is 12.8 Å². The highest BCUT2D eigenvalue weighted by Gasteiger charge is 2.45. The fourth-order valence-electron chi connectivity index (χ4n) is 4.72. The van der Waals surface area contributed by atoms with Crippen molar-refractivity contribution >= 4 is 43.7 Å². The van der Waals surface area contributed by atoms with Gasteiger partial charge in [0.2, 0.25) is 11.8 Å². The monoisotopic (exact) mass is 564 g/mol. The number of halogens is 4. The second-order valence-corrected chi connectivity index (χ2v) is 9.70. The zero-order valence-corrected chi connectivity index (χ0v) is 21.1. The zero-order valence-electron chi connectivity index (χ0n) is 16.4. The van der Waals surface area contributed by atoms with Gasteiger partial charge in [0.05, 0.1) is 52.4 Å². The maximum absolute atomic E-state index is 12.1. The fraction of sp³-hybridized carbons (Fsp3) is 0.889. The topological polar surface area (TPSA) is 40.6 Å². The number of hydrogen-bond acceptors (Lipinski definition) is 2. The summed E-state index contributed by atoms with van der Waals surface area (Å²) in [6.07, 6.45) is 1.23. The van der Waals surface area contributed by atoms with Gasteiger partial charge in [0.1, 0.15) is 26.2 Å². The molecule has 2 amide bonds. The first-order valence-electron chi connectivity index (χ1n) is 9.89. The Morgan fingerprint density at radius 2 is 0.893 bits per heavy atom. The van der Waals surface area contributed by atoms with Gasteiger partial charge in [0.25, 0.3) is 0 Å². The van der Waals surface area contributed by atoms with E-state index in [4.69, 9.17) is 0 Å². The molecule has 3 aliphatic heterocycles. The zero-order chi connectivity index (χ0) is 18.6. The highest BCUT2D eigenvalue weighted by atomic mass is 79.9. The largest absolute Gasteiger partial charge is 1.00 e. The van der Waals surface area contributed by atoms with Gasteiger partial charge in [0.15, 0.2) is 0 Å². The maximum atomic E-state index is 12.1. The Balaban J connectivity index is 0.00000196. The molecule has 2 spiro atoms. The Morgan fingerprint density at radius 3 is 1.14 bits per heavy atom. The molecule has 28 heavy (non-hydrogen) atoms. The van der Waals surface area contributed by atoms with Crippen molar-refractivity contribution in [3.8, 4) is 0 Å². The third kappa shape index (κ3) is 6.20. The lowest BCUT2D eigenvalue weighted by atomic mass is 10.1. The lowest BCUT2D eigenvalue weighted by molar-refractivity contribution is -1.03. The van der Waals surface area contributed by atoms with Crippen LogP contribution in [0.3, 0.4) is 0 Å². The molecule has 0 radical (unpaired) electrons. The van der Waals surface area contributed by atoms with Gasteiger partial charge in [-0.05, 0) is 0 Å². The summed E-state index contributed by atoms with van der Waals surface area (Å²) in [7, 11) is 0. The van der Waals surface area contributed by atoms with Crippen LogP contribution in [0.2, 0.25) is 0 Å². The van der Waals surface area contributed by atoms with Gasteiger partial charge in [-0.3, -0.25) is 9.59 Å². The molecule has 0 aromatic rings. The van der Waals surface area contributed by atoms with E-state index in [0.29, 0.717) is 24.7 Å². The number of quaternary nitrogens is 2. The summed E-state index contributed by atoms with van der Waals surface area (Å²) in [6, 6.07) is 0. The third-order valence-corrected chi connectivity index (χ3v) is 7.59. The van der Waals surface area contributed by atoms with Crippen LogP contribution < -0.4 is 24.8 Å². The first-order chi connectivity index (χ1) is 12.5. The van der Waals surface area contributed by atoms with Crippen LogP contribution in [0.25, 0.3) is 0 Å². The molecule has 0 aliphatic carbocycles. The van der Waals surface area contributed by atoms with E-state index in [1.807, 2.05) is 0 Å². The van der Waals surface area contributed by atoms with Crippen LogP contribution >= 0.6 is 31.9 Å². The van der Waals surface area contributed by atoms with Crippen molar-refractivity contribution < 1.29 is 43.4 Å². The van der Waals surface area contributed by atoms with Crippen molar-refractivity contribution in [2.75, 3.05) is 89.2 Å². The van der Waals surface area contributed by atoms with Crippen LogP contribution in [0, 0.1) is 0 Å². The van der Waals surface area contributed by atoms with E-state index < -0.39 is 0 Å². The van der Waals surface area contributed by atoms with Crippen molar-refractivity contribution in [1.29, 1.82) is 0 Å². The Kier molecular flexibility index (Phi) is 11.0. The summed E-state index contributed by atoms with van der Waals surface area (Å²) in [5, 5.41) is 1.52. The van der Waals surface area contributed by atoms with Crippen molar-refractivity contribution in [2.45, 2.75) is 12.8 Å². The normalized spacial score (nSPS) is 23.1. The van der Waals surface area contributed by atoms with E-state index >= 15 is 0 Å². The summed E-state index contributed by atoms with van der Waals surface area (Å²) < 4.78 is 2.40. The average Bonchev–Trinajstić information content (AvgIpc) is 2.66. The lowest BCUT2D eigenvalue weighted by Gasteiger charge is -2.54. The summed E-state index contributed by atoms with van der Waals surface area (Å²) in [5.41, 5.74) is 0. The van der Waals surface area contributed by atoms with Gasteiger partial charge in [-0.15, -0.1) is 0 Å². The van der Waals surface area contributed by atoms with Gasteiger partial charge in [-0.25, -0.2) is 0 Å². The Bertz CT molecular complexity index is 468. The summed E-state index contributed by atoms with van der Waals surface area (Å²) in [6.45, 7) is 13.1. The van der Waals surface area contributed by atoms with Crippen LogP contribution in [0.15, 0.2) is 0 Å². The van der Waals surface area contributed by atoms with Crippen molar-refractivity contribution in [3.63, 3.8) is 0 Å². The van der Waals surface area contributed by atoms with Crippen LogP contribution in [-0.2, 0) is 9.59 Å². The number of carbonyl (C=O) groups excluding carboxylic acids is 2. The Hall–Kier alpha value is 0.400. The van der Waals surface area contributed by atoms with Crippen LogP contribution in [0.4, 0.5) is 0 Å². The fourth-order valence-corrected chi connectivity index (χ4v) is 5.40. The number of piperazine rings is 3. The van der Waals surface area contributed by atoms with Crippen molar-refractivity contribution in [1.82, 2.24) is 9.80 Å². The number of rotatable bonds is 4. The average molecular weight is 567 g/mol. The minimum Gasteiger partial charge on any atom is -1.00 e. The predicted molar refractivity (Wildman–Crippen MR) is 109 cm³/mol. The van der Waals surface area contributed by atoms with E-state index in [0.717, 1.165) is 63.0 Å². The van der Waals surface area contributed by atoms with Gasteiger partial charge in [-0.1, -0.05) is 31.9 Å². The molecule has 0 bridgehead atoms. The molecular formula is C18H32Br2Cl2N4O2. The van der Waals surface area contributed by atoms with E-state index in [1.165, 1.54) is 35.1 Å². The number of amides is 2. The van der Waals surface area contributed by atoms with E-state index in [-0.39, 0.29) is 24.8 Å². The first kappa shape index (κ1) is 26.4. The molecule has 0 aromatic carbocycles. The van der Waals surface area contributed by atoms with E-state index in [2.05, 4.69) is 41.7 Å². The SMILES string of the molecule is O=C(CCBr)N1CC[N+]2(CC1)CC[N+]1(CCN(C(=O)CCBr)CC1)CC2.[Cl-].[Cl-]. The standard InChI is InChI=1S/C18H32Br2N4O2.2ClH/c19-3-1-17(25)21-5-9-23(10-6-21)13-15-24(16-14-23)11-7-22(8-12-24)18(26)2-4-20;;/h1-16H2;2*1H/q+2;;/p-2. The predicted octanol–water partition coefficient (Wildman–Crippen LogP) is -5.10. The first-order valence-corrected chi connectivity index (χ1v) is 12.1. The van der Waals surface area contributed by atoms with Gasteiger partial charge >= 0.3 is 0 Å². The second kappa shape index (κ2) is 11.7. The summed E-state index contributed by atoms with van der Waals surface area (Å²) >= 11 is 6.74. The lowest BCUT2D eigenvalue weighted by Crippen LogP contribution is -3.00. The maximum Gasteiger partial charge on any atom is 0.223 e. The molecule has 10 heteroatoms. The number of hydrogen-bond donors (Lipinski definition) is 0. The van der Waals surface area contributed by atoms with Gasteiger partial charge in [-0.2, -0.15) is 0 Å². The molecule has 164 valence electrons. The molecule has 3 saturated heterocycles. The van der Waals surface area contributed by atoms with Gasteiger partial charge in [0, 0.05) is 23.5 Å². The molecule has 6 nitrogen and oxygen atoms in total. The summed E-state index contributed by atoms with van der Waals surface area (Å²) in [4.78, 5) is 28.3. The van der Waals surface area contributed by atoms with Gasteiger partial charge < -0.3 is 43.6 Å². The molecule has 0 N–H and O–H groups in total. The number of carbonyl (C=O) groups is 2.